The molecule has 6 nitrogen and oxygen atoms in total. The Kier molecular flexibility index (Phi) is 7.11. The molecular formula is C15H27NO5. The summed E-state index contributed by atoms with van der Waals surface area (Å²) >= 11 is 0. The van der Waals surface area contributed by atoms with Crippen LogP contribution in [0.25, 0.3) is 0 Å². The largest absolute Gasteiger partial charge is 0.469 e. The summed E-state index contributed by atoms with van der Waals surface area (Å²) in [5.41, 5.74) is -0.866. The van der Waals surface area contributed by atoms with Gasteiger partial charge >= 0.3 is 5.97 Å². The van der Waals surface area contributed by atoms with Crippen LogP contribution in [0.15, 0.2) is 0 Å². The van der Waals surface area contributed by atoms with Gasteiger partial charge in [-0.05, 0) is 26.2 Å². The molecule has 2 atom stereocenters. The standard InChI is InChI=1S/C15H27NO5/c1-5-15(2,20-4)14(18)16(9-8-13(17)19-3)11-12-7-6-10-21-12/h12H,5-11H2,1-4H3. The molecule has 0 N–H and O–H groups in total. The molecule has 0 saturated carbocycles. The fourth-order valence-electron chi connectivity index (χ4n) is 2.36. The molecule has 1 aliphatic heterocycles. The number of hydrogen-bond acceptors (Lipinski definition) is 5. The lowest BCUT2D eigenvalue weighted by atomic mass is 10.0. The summed E-state index contributed by atoms with van der Waals surface area (Å²) in [5, 5.41) is 0. The van der Waals surface area contributed by atoms with E-state index in [1.165, 1.54) is 14.2 Å². The Hall–Kier alpha value is -1.14. The zero-order chi connectivity index (χ0) is 15.9. The maximum Gasteiger partial charge on any atom is 0.307 e. The van der Waals surface area contributed by atoms with Gasteiger partial charge in [-0.1, -0.05) is 6.92 Å². The highest BCUT2D eigenvalue weighted by atomic mass is 16.5. The predicted molar refractivity (Wildman–Crippen MR) is 77.9 cm³/mol. The lowest BCUT2D eigenvalue weighted by Crippen LogP contribution is -2.50. The lowest BCUT2D eigenvalue weighted by molar-refractivity contribution is -0.156. The Balaban J connectivity index is 2.73. The van der Waals surface area contributed by atoms with Gasteiger partial charge in [-0.25, -0.2) is 0 Å². The molecule has 1 fully saturated rings. The fraction of sp³-hybridized carbons (Fsp3) is 0.867. The molecule has 6 heteroatoms. The highest BCUT2D eigenvalue weighted by Crippen LogP contribution is 2.21. The lowest BCUT2D eigenvalue weighted by Gasteiger charge is -2.34. The van der Waals surface area contributed by atoms with Crippen molar-refractivity contribution in [1.29, 1.82) is 0 Å². The van der Waals surface area contributed by atoms with Crippen molar-refractivity contribution in [3.05, 3.63) is 0 Å². The third-order valence-electron chi connectivity index (χ3n) is 4.13. The minimum atomic E-state index is -0.866. The molecular weight excluding hydrogens is 274 g/mol. The van der Waals surface area contributed by atoms with Crippen LogP contribution in [-0.2, 0) is 23.8 Å². The minimum absolute atomic E-state index is 0.0459. The summed E-state index contributed by atoms with van der Waals surface area (Å²) in [6.07, 6.45) is 2.75. The topological polar surface area (TPSA) is 65.1 Å². The highest BCUT2D eigenvalue weighted by molar-refractivity contribution is 5.85. The van der Waals surface area contributed by atoms with E-state index >= 15 is 0 Å². The Morgan fingerprint density at radius 2 is 2.10 bits per heavy atom. The van der Waals surface area contributed by atoms with Crippen molar-refractivity contribution in [3.8, 4) is 0 Å². The van der Waals surface area contributed by atoms with Gasteiger partial charge in [0.1, 0.15) is 5.60 Å². The molecule has 21 heavy (non-hydrogen) atoms. The first-order chi connectivity index (χ1) is 9.96. The first-order valence-corrected chi connectivity index (χ1v) is 7.49. The molecule has 1 aliphatic rings. The van der Waals surface area contributed by atoms with Crippen molar-refractivity contribution in [2.75, 3.05) is 33.9 Å². The third-order valence-corrected chi connectivity index (χ3v) is 4.13. The van der Waals surface area contributed by atoms with Gasteiger partial charge in [0.15, 0.2) is 0 Å². The molecule has 1 saturated heterocycles. The van der Waals surface area contributed by atoms with E-state index in [-0.39, 0.29) is 24.4 Å². The van der Waals surface area contributed by atoms with E-state index in [2.05, 4.69) is 4.74 Å². The smallest absolute Gasteiger partial charge is 0.307 e. The number of nitrogens with zero attached hydrogens (tertiary/aromatic N) is 1. The summed E-state index contributed by atoms with van der Waals surface area (Å²) < 4.78 is 15.6. The zero-order valence-corrected chi connectivity index (χ0v) is 13.5. The van der Waals surface area contributed by atoms with E-state index in [9.17, 15) is 9.59 Å². The number of rotatable bonds is 8. The quantitative estimate of drug-likeness (QED) is 0.634. The van der Waals surface area contributed by atoms with Crippen LogP contribution in [0.4, 0.5) is 0 Å². The van der Waals surface area contributed by atoms with E-state index in [4.69, 9.17) is 9.47 Å². The van der Waals surface area contributed by atoms with Gasteiger partial charge in [-0.3, -0.25) is 9.59 Å². The number of methoxy groups -OCH3 is 2. The van der Waals surface area contributed by atoms with Gasteiger partial charge in [0.05, 0.1) is 19.6 Å². The average molecular weight is 301 g/mol. The number of amides is 1. The maximum absolute atomic E-state index is 12.7. The van der Waals surface area contributed by atoms with E-state index in [1.807, 2.05) is 6.92 Å². The molecule has 1 heterocycles. The Morgan fingerprint density at radius 3 is 2.57 bits per heavy atom. The maximum atomic E-state index is 12.7. The van der Waals surface area contributed by atoms with Crippen LogP contribution >= 0.6 is 0 Å². The van der Waals surface area contributed by atoms with Crippen molar-refractivity contribution in [2.24, 2.45) is 0 Å². The number of carbonyl (C=O) groups is 2. The van der Waals surface area contributed by atoms with E-state index in [1.54, 1.807) is 11.8 Å². The minimum Gasteiger partial charge on any atom is -0.469 e. The van der Waals surface area contributed by atoms with Crippen molar-refractivity contribution in [2.45, 2.75) is 51.2 Å². The number of ether oxygens (including phenoxy) is 3. The third kappa shape index (κ3) is 4.97. The fourth-order valence-corrected chi connectivity index (χ4v) is 2.36. The average Bonchev–Trinajstić information content (AvgIpc) is 3.02. The van der Waals surface area contributed by atoms with Crippen molar-refractivity contribution in [3.63, 3.8) is 0 Å². The van der Waals surface area contributed by atoms with Crippen LogP contribution in [0.2, 0.25) is 0 Å². The number of hydrogen-bond donors (Lipinski definition) is 0. The van der Waals surface area contributed by atoms with Gasteiger partial charge in [-0.2, -0.15) is 0 Å². The van der Waals surface area contributed by atoms with Crippen LogP contribution in [0, 0.1) is 0 Å². The van der Waals surface area contributed by atoms with E-state index in [0.29, 0.717) is 19.5 Å². The number of carbonyl (C=O) groups excluding carboxylic acids is 2. The van der Waals surface area contributed by atoms with Gasteiger partial charge in [0.2, 0.25) is 0 Å². The van der Waals surface area contributed by atoms with Crippen LogP contribution in [0.3, 0.4) is 0 Å². The van der Waals surface area contributed by atoms with E-state index < -0.39 is 5.60 Å². The molecule has 2 unspecified atom stereocenters. The molecule has 1 rings (SSSR count). The second-order valence-corrected chi connectivity index (χ2v) is 5.50. The second-order valence-electron chi connectivity index (χ2n) is 5.50. The van der Waals surface area contributed by atoms with Crippen molar-refractivity contribution in [1.82, 2.24) is 4.90 Å². The Morgan fingerprint density at radius 1 is 1.38 bits per heavy atom. The van der Waals surface area contributed by atoms with Gasteiger partial charge in [-0.15, -0.1) is 0 Å². The summed E-state index contributed by atoms with van der Waals surface area (Å²) in [5.74, 6) is -0.428. The Labute approximate surface area is 126 Å². The summed E-state index contributed by atoms with van der Waals surface area (Å²) in [4.78, 5) is 25.7. The SMILES string of the molecule is CCC(C)(OC)C(=O)N(CCC(=O)OC)CC1CCCO1. The van der Waals surface area contributed by atoms with Crippen LogP contribution in [0.1, 0.15) is 39.5 Å². The normalized spacial score (nSPS) is 20.9. The molecule has 0 spiro atoms. The first kappa shape index (κ1) is 17.9. The molecule has 122 valence electrons. The summed E-state index contributed by atoms with van der Waals surface area (Å²) in [6, 6.07) is 0. The van der Waals surface area contributed by atoms with Gasteiger partial charge < -0.3 is 19.1 Å². The second kappa shape index (κ2) is 8.34. The van der Waals surface area contributed by atoms with E-state index in [0.717, 1.165) is 19.4 Å². The zero-order valence-electron chi connectivity index (χ0n) is 13.5. The van der Waals surface area contributed by atoms with Gasteiger partial charge in [0.25, 0.3) is 5.91 Å². The molecule has 0 aromatic carbocycles. The monoisotopic (exact) mass is 301 g/mol. The molecule has 0 aromatic heterocycles. The highest BCUT2D eigenvalue weighted by Gasteiger charge is 2.36. The summed E-state index contributed by atoms with van der Waals surface area (Å²) in [7, 11) is 2.88. The van der Waals surface area contributed by atoms with Crippen LogP contribution < -0.4 is 0 Å². The summed E-state index contributed by atoms with van der Waals surface area (Å²) in [6.45, 7) is 5.24. The first-order valence-electron chi connectivity index (χ1n) is 7.49. The molecule has 0 radical (unpaired) electrons. The number of esters is 1. The molecule has 0 aliphatic carbocycles. The van der Waals surface area contributed by atoms with Crippen LogP contribution in [-0.4, -0.2) is 62.4 Å². The molecule has 0 aromatic rings. The van der Waals surface area contributed by atoms with Gasteiger partial charge in [0, 0.05) is 26.8 Å². The van der Waals surface area contributed by atoms with Crippen molar-refractivity contribution < 1.29 is 23.8 Å². The van der Waals surface area contributed by atoms with Crippen molar-refractivity contribution >= 4 is 11.9 Å². The molecule has 0 bridgehead atoms. The van der Waals surface area contributed by atoms with Crippen LogP contribution in [0.5, 0.6) is 0 Å². The predicted octanol–water partition coefficient (Wildman–Crippen LogP) is 1.37. The molecule has 1 amide bonds. The Bertz CT molecular complexity index is 348.